The minimum absolute atomic E-state index is 0.344. The van der Waals surface area contributed by atoms with E-state index in [1.54, 1.807) is 0 Å². The number of rotatable bonds is 7. The Kier molecular flexibility index (Phi) is 5.71. The molecule has 0 spiro atoms. The van der Waals surface area contributed by atoms with Crippen LogP contribution in [0.25, 0.3) is 10.8 Å². The molecule has 3 aromatic carbocycles. The summed E-state index contributed by atoms with van der Waals surface area (Å²) in [5.41, 5.74) is 3.67. The van der Waals surface area contributed by atoms with Gasteiger partial charge in [-0.15, -0.1) is 0 Å². The topological polar surface area (TPSA) is 30.5 Å². The van der Waals surface area contributed by atoms with E-state index in [2.05, 4.69) is 72.9 Å². The van der Waals surface area contributed by atoms with Crippen LogP contribution in [0.3, 0.4) is 0 Å². The number of aryl methyl sites for hydroxylation is 1. The van der Waals surface area contributed by atoms with Crippen LogP contribution >= 0.6 is 0 Å². The first-order valence-corrected chi connectivity index (χ1v) is 9.81. The molecule has 1 N–H and O–H groups in total. The lowest BCUT2D eigenvalue weighted by molar-refractivity contribution is 0.110. The zero-order chi connectivity index (χ0) is 18.5. The average Bonchev–Trinajstić information content (AvgIpc) is 3.20. The fourth-order valence-electron chi connectivity index (χ4n) is 3.76. The van der Waals surface area contributed by atoms with Gasteiger partial charge in [0, 0.05) is 25.3 Å². The zero-order valence-electron chi connectivity index (χ0n) is 15.9. The van der Waals surface area contributed by atoms with Crippen LogP contribution in [0.4, 0.5) is 0 Å². The lowest BCUT2D eigenvalue weighted by atomic mass is 10.0. The van der Waals surface area contributed by atoms with Gasteiger partial charge in [0.25, 0.3) is 0 Å². The minimum atomic E-state index is 0.344. The Morgan fingerprint density at radius 3 is 2.85 bits per heavy atom. The van der Waals surface area contributed by atoms with E-state index in [0.717, 1.165) is 31.9 Å². The van der Waals surface area contributed by atoms with Gasteiger partial charge in [-0.3, -0.25) is 0 Å². The smallest absolute Gasteiger partial charge is 0.124 e. The van der Waals surface area contributed by atoms with Crippen LogP contribution in [-0.2, 0) is 17.9 Å². The number of hydrogen-bond donors (Lipinski definition) is 1. The first-order valence-electron chi connectivity index (χ1n) is 9.81. The summed E-state index contributed by atoms with van der Waals surface area (Å²) in [6.45, 7) is 5.26. The van der Waals surface area contributed by atoms with Gasteiger partial charge < -0.3 is 14.8 Å². The number of benzene rings is 3. The second-order valence-electron chi connectivity index (χ2n) is 7.31. The molecule has 27 heavy (non-hydrogen) atoms. The Labute approximate surface area is 161 Å². The van der Waals surface area contributed by atoms with Crippen LogP contribution in [0.5, 0.6) is 5.75 Å². The maximum Gasteiger partial charge on any atom is 0.124 e. The van der Waals surface area contributed by atoms with E-state index >= 15 is 0 Å². The number of fused-ring (bicyclic) bond motifs is 1. The summed E-state index contributed by atoms with van der Waals surface area (Å²) < 4.78 is 12.0. The van der Waals surface area contributed by atoms with E-state index in [9.17, 15) is 0 Å². The van der Waals surface area contributed by atoms with Crippen LogP contribution in [0.2, 0.25) is 0 Å². The van der Waals surface area contributed by atoms with Gasteiger partial charge in [0.2, 0.25) is 0 Å². The van der Waals surface area contributed by atoms with Gasteiger partial charge in [-0.1, -0.05) is 60.2 Å². The molecule has 0 radical (unpaired) electrons. The molecule has 0 unspecified atom stereocenters. The number of hydrogen-bond acceptors (Lipinski definition) is 3. The molecule has 3 heteroatoms. The molecule has 0 saturated carbocycles. The van der Waals surface area contributed by atoms with Crippen LogP contribution in [0.15, 0.2) is 60.7 Å². The molecule has 0 amide bonds. The second-order valence-corrected chi connectivity index (χ2v) is 7.31. The van der Waals surface area contributed by atoms with Crippen molar-refractivity contribution in [2.24, 2.45) is 0 Å². The van der Waals surface area contributed by atoms with Crippen molar-refractivity contribution in [2.75, 3.05) is 13.2 Å². The van der Waals surface area contributed by atoms with Crippen molar-refractivity contribution in [3.05, 3.63) is 77.4 Å². The Hall–Kier alpha value is -2.36. The molecule has 0 aliphatic carbocycles. The van der Waals surface area contributed by atoms with Crippen molar-refractivity contribution in [2.45, 2.75) is 39.0 Å². The van der Waals surface area contributed by atoms with Gasteiger partial charge in [-0.2, -0.15) is 0 Å². The van der Waals surface area contributed by atoms with E-state index in [1.807, 2.05) is 0 Å². The van der Waals surface area contributed by atoms with Crippen LogP contribution in [0, 0.1) is 6.92 Å². The number of nitrogens with one attached hydrogen (secondary N) is 1. The van der Waals surface area contributed by atoms with Crippen LogP contribution in [-0.4, -0.2) is 19.3 Å². The summed E-state index contributed by atoms with van der Waals surface area (Å²) in [6, 6.07) is 21.2. The second kappa shape index (κ2) is 8.55. The van der Waals surface area contributed by atoms with Gasteiger partial charge >= 0.3 is 0 Å². The third-order valence-corrected chi connectivity index (χ3v) is 5.17. The van der Waals surface area contributed by atoms with E-state index in [4.69, 9.17) is 9.47 Å². The molecule has 1 aliphatic heterocycles. The minimum Gasteiger partial charge on any atom is -0.489 e. The average molecular weight is 361 g/mol. The molecule has 1 aliphatic rings. The zero-order valence-corrected chi connectivity index (χ0v) is 15.9. The summed E-state index contributed by atoms with van der Waals surface area (Å²) in [6.07, 6.45) is 2.67. The van der Waals surface area contributed by atoms with Crippen molar-refractivity contribution in [3.63, 3.8) is 0 Å². The van der Waals surface area contributed by atoms with Crippen LogP contribution < -0.4 is 10.1 Å². The van der Waals surface area contributed by atoms with E-state index < -0.39 is 0 Å². The molecule has 3 nitrogen and oxygen atoms in total. The molecule has 1 saturated heterocycles. The quantitative estimate of drug-likeness (QED) is 0.643. The maximum absolute atomic E-state index is 6.24. The highest BCUT2D eigenvalue weighted by Crippen LogP contribution is 2.29. The molecule has 4 rings (SSSR count). The monoisotopic (exact) mass is 361 g/mol. The largest absolute Gasteiger partial charge is 0.489 e. The molecule has 3 aromatic rings. The van der Waals surface area contributed by atoms with E-state index in [-0.39, 0.29) is 0 Å². The predicted molar refractivity (Wildman–Crippen MR) is 110 cm³/mol. The third-order valence-electron chi connectivity index (χ3n) is 5.17. The molecule has 1 atom stereocenters. The first-order chi connectivity index (χ1) is 13.3. The summed E-state index contributed by atoms with van der Waals surface area (Å²) >= 11 is 0. The Morgan fingerprint density at radius 1 is 1.07 bits per heavy atom. The predicted octanol–water partition coefficient (Wildman–Crippen LogP) is 5.00. The maximum atomic E-state index is 6.24. The molecular formula is C24H27NO2. The Morgan fingerprint density at radius 2 is 2.00 bits per heavy atom. The Bertz CT molecular complexity index is 900. The van der Waals surface area contributed by atoms with Crippen molar-refractivity contribution in [1.29, 1.82) is 0 Å². The molecule has 0 bridgehead atoms. The summed E-state index contributed by atoms with van der Waals surface area (Å²) in [5.74, 6) is 0.954. The third kappa shape index (κ3) is 4.49. The van der Waals surface area contributed by atoms with Gasteiger partial charge in [-0.05, 0) is 42.2 Å². The number of ether oxygens (including phenoxy) is 2. The van der Waals surface area contributed by atoms with E-state index in [0.29, 0.717) is 12.7 Å². The van der Waals surface area contributed by atoms with Crippen molar-refractivity contribution in [3.8, 4) is 5.75 Å². The lowest BCUT2D eigenvalue weighted by Crippen LogP contribution is -2.26. The molecule has 1 heterocycles. The SMILES string of the molecule is Cc1cccc(COc2ccc3ccccc3c2CNC[C@@H]2CCCO2)c1. The van der Waals surface area contributed by atoms with Crippen LogP contribution in [0.1, 0.15) is 29.5 Å². The normalized spacial score (nSPS) is 16.7. The highest BCUT2D eigenvalue weighted by molar-refractivity contribution is 5.87. The standard InChI is InChI=1S/C24H27NO2/c1-18-6-4-7-19(14-18)17-27-24-12-11-20-8-2-3-10-22(20)23(24)16-25-15-21-9-5-13-26-21/h2-4,6-8,10-12,14,21,25H,5,9,13,15-17H2,1H3/t21-/m0/s1. The van der Waals surface area contributed by atoms with Gasteiger partial charge in [-0.25, -0.2) is 0 Å². The van der Waals surface area contributed by atoms with Gasteiger partial charge in [0.1, 0.15) is 12.4 Å². The highest BCUT2D eigenvalue weighted by Gasteiger charge is 2.15. The lowest BCUT2D eigenvalue weighted by Gasteiger charge is -2.17. The molecule has 0 aromatic heterocycles. The van der Waals surface area contributed by atoms with Crippen molar-refractivity contribution >= 4 is 10.8 Å². The van der Waals surface area contributed by atoms with Gasteiger partial charge in [0.15, 0.2) is 0 Å². The molecule has 1 fully saturated rings. The first kappa shape index (κ1) is 18.0. The van der Waals surface area contributed by atoms with Crippen molar-refractivity contribution < 1.29 is 9.47 Å². The summed E-state index contributed by atoms with van der Waals surface area (Å²) in [7, 11) is 0. The fraction of sp³-hybridized carbons (Fsp3) is 0.333. The molecular weight excluding hydrogens is 334 g/mol. The molecule has 140 valence electrons. The van der Waals surface area contributed by atoms with Crippen molar-refractivity contribution in [1.82, 2.24) is 5.32 Å². The highest BCUT2D eigenvalue weighted by atomic mass is 16.5. The van der Waals surface area contributed by atoms with Gasteiger partial charge in [0.05, 0.1) is 6.10 Å². The summed E-state index contributed by atoms with van der Waals surface area (Å²) in [4.78, 5) is 0. The fourth-order valence-corrected chi connectivity index (χ4v) is 3.76. The van der Waals surface area contributed by atoms with E-state index in [1.165, 1.54) is 33.9 Å². The Balaban J connectivity index is 1.53. The summed E-state index contributed by atoms with van der Waals surface area (Å²) in [5, 5.41) is 6.07.